The fourth-order valence-electron chi connectivity index (χ4n) is 3.80. The summed E-state index contributed by atoms with van der Waals surface area (Å²) in [6.45, 7) is 5.22. The SMILES string of the molecule is CCCC1CCC(CNC)C(c2ccc(F)c(C)c2)C1. The molecule has 1 aliphatic carbocycles. The number of nitrogens with one attached hydrogen (secondary N) is 1. The predicted octanol–water partition coefficient (Wildman–Crippen LogP) is 4.65. The molecule has 1 nitrogen and oxygen atoms in total. The second-order valence-electron chi connectivity index (χ2n) is 6.40. The first kappa shape index (κ1) is 15.5. The van der Waals surface area contributed by atoms with Crippen molar-refractivity contribution < 1.29 is 4.39 Å². The monoisotopic (exact) mass is 277 g/mol. The van der Waals surface area contributed by atoms with Gasteiger partial charge in [-0.25, -0.2) is 4.39 Å². The second-order valence-corrected chi connectivity index (χ2v) is 6.40. The van der Waals surface area contributed by atoms with Crippen molar-refractivity contribution in [3.05, 3.63) is 35.1 Å². The van der Waals surface area contributed by atoms with Gasteiger partial charge in [0.1, 0.15) is 5.82 Å². The Labute approximate surface area is 123 Å². The molecule has 1 aliphatic rings. The molecular weight excluding hydrogens is 249 g/mol. The second kappa shape index (κ2) is 7.21. The molecule has 3 unspecified atom stereocenters. The molecule has 112 valence electrons. The number of hydrogen-bond donors (Lipinski definition) is 1. The van der Waals surface area contributed by atoms with E-state index in [2.05, 4.69) is 18.3 Å². The van der Waals surface area contributed by atoms with E-state index in [0.717, 1.165) is 18.0 Å². The zero-order valence-electron chi connectivity index (χ0n) is 13.1. The van der Waals surface area contributed by atoms with Crippen LogP contribution in [0.4, 0.5) is 4.39 Å². The molecule has 1 saturated carbocycles. The van der Waals surface area contributed by atoms with Gasteiger partial charge in [-0.05, 0) is 68.3 Å². The maximum atomic E-state index is 13.5. The van der Waals surface area contributed by atoms with Crippen LogP contribution in [0.15, 0.2) is 18.2 Å². The lowest BCUT2D eigenvalue weighted by molar-refractivity contribution is 0.223. The molecule has 1 aromatic carbocycles. The van der Waals surface area contributed by atoms with Crippen molar-refractivity contribution in [2.24, 2.45) is 11.8 Å². The van der Waals surface area contributed by atoms with Crippen LogP contribution in [0.1, 0.15) is 56.1 Å². The molecule has 0 aliphatic heterocycles. The molecule has 3 atom stereocenters. The molecule has 0 aromatic heterocycles. The maximum absolute atomic E-state index is 13.5. The summed E-state index contributed by atoms with van der Waals surface area (Å²) < 4.78 is 13.5. The molecule has 1 aromatic rings. The molecule has 0 radical (unpaired) electrons. The van der Waals surface area contributed by atoms with E-state index < -0.39 is 0 Å². The first-order valence-electron chi connectivity index (χ1n) is 8.06. The standard InChI is InChI=1S/C18H28FN/c1-4-5-14-6-7-16(12-20-3)17(11-14)15-8-9-18(19)13(2)10-15/h8-10,14,16-17,20H,4-7,11-12H2,1-3H3. The Morgan fingerprint density at radius 3 is 2.75 bits per heavy atom. The molecule has 0 amide bonds. The van der Waals surface area contributed by atoms with Gasteiger partial charge in [-0.2, -0.15) is 0 Å². The topological polar surface area (TPSA) is 12.0 Å². The van der Waals surface area contributed by atoms with Crippen molar-refractivity contribution in [1.29, 1.82) is 0 Å². The molecule has 0 bridgehead atoms. The zero-order chi connectivity index (χ0) is 14.5. The van der Waals surface area contributed by atoms with Gasteiger partial charge in [0.2, 0.25) is 0 Å². The lowest BCUT2D eigenvalue weighted by Crippen LogP contribution is -2.30. The average molecular weight is 277 g/mol. The predicted molar refractivity (Wildman–Crippen MR) is 83.5 cm³/mol. The fraction of sp³-hybridized carbons (Fsp3) is 0.667. The smallest absolute Gasteiger partial charge is 0.126 e. The van der Waals surface area contributed by atoms with E-state index in [4.69, 9.17) is 0 Å². The molecule has 2 heteroatoms. The Bertz CT molecular complexity index is 429. The van der Waals surface area contributed by atoms with Gasteiger partial charge in [0.15, 0.2) is 0 Å². The molecule has 20 heavy (non-hydrogen) atoms. The molecule has 0 spiro atoms. The van der Waals surface area contributed by atoms with Crippen LogP contribution in [-0.2, 0) is 0 Å². The first-order valence-corrected chi connectivity index (χ1v) is 8.06. The van der Waals surface area contributed by atoms with Crippen LogP contribution in [0.25, 0.3) is 0 Å². The van der Waals surface area contributed by atoms with Crippen molar-refractivity contribution in [2.45, 2.75) is 51.9 Å². The Hall–Kier alpha value is -0.890. The summed E-state index contributed by atoms with van der Waals surface area (Å²) in [7, 11) is 2.03. The van der Waals surface area contributed by atoms with Crippen molar-refractivity contribution >= 4 is 0 Å². The molecule has 1 fully saturated rings. The largest absolute Gasteiger partial charge is 0.319 e. The highest BCUT2D eigenvalue weighted by atomic mass is 19.1. The quantitative estimate of drug-likeness (QED) is 0.826. The van der Waals surface area contributed by atoms with E-state index in [9.17, 15) is 4.39 Å². The summed E-state index contributed by atoms with van der Waals surface area (Å²) in [5.74, 6) is 2.05. The van der Waals surface area contributed by atoms with Gasteiger partial charge in [-0.1, -0.05) is 38.3 Å². The molecule has 0 saturated heterocycles. The Morgan fingerprint density at radius 2 is 2.10 bits per heavy atom. The van der Waals surface area contributed by atoms with E-state index in [1.165, 1.54) is 37.7 Å². The van der Waals surface area contributed by atoms with E-state index in [-0.39, 0.29) is 5.82 Å². The van der Waals surface area contributed by atoms with Crippen LogP contribution < -0.4 is 5.32 Å². The highest BCUT2D eigenvalue weighted by Gasteiger charge is 2.30. The van der Waals surface area contributed by atoms with Gasteiger partial charge in [-0.15, -0.1) is 0 Å². The summed E-state index contributed by atoms with van der Waals surface area (Å²) in [6.07, 6.45) is 6.54. The number of aryl methyl sites for hydroxylation is 1. The number of benzene rings is 1. The molecule has 0 heterocycles. The zero-order valence-corrected chi connectivity index (χ0v) is 13.1. The minimum Gasteiger partial charge on any atom is -0.319 e. The lowest BCUT2D eigenvalue weighted by atomic mass is 9.70. The summed E-state index contributed by atoms with van der Waals surface area (Å²) in [5.41, 5.74) is 2.12. The van der Waals surface area contributed by atoms with Crippen molar-refractivity contribution in [3.8, 4) is 0 Å². The minimum atomic E-state index is -0.0835. The van der Waals surface area contributed by atoms with E-state index >= 15 is 0 Å². The number of halogens is 1. The Balaban J connectivity index is 2.19. The number of rotatable bonds is 5. The number of hydrogen-bond acceptors (Lipinski definition) is 1. The van der Waals surface area contributed by atoms with E-state index in [1.54, 1.807) is 6.07 Å². The van der Waals surface area contributed by atoms with Crippen molar-refractivity contribution in [3.63, 3.8) is 0 Å². The van der Waals surface area contributed by atoms with Crippen LogP contribution in [0.3, 0.4) is 0 Å². The van der Waals surface area contributed by atoms with Crippen LogP contribution in [0.2, 0.25) is 0 Å². The van der Waals surface area contributed by atoms with Gasteiger partial charge in [0.25, 0.3) is 0 Å². The third-order valence-electron chi connectivity index (χ3n) is 4.88. The third-order valence-corrected chi connectivity index (χ3v) is 4.88. The summed E-state index contributed by atoms with van der Waals surface area (Å²) in [6, 6.07) is 5.71. The fourth-order valence-corrected chi connectivity index (χ4v) is 3.80. The van der Waals surface area contributed by atoms with Crippen LogP contribution in [-0.4, -0.2) is 13.6 Å². The van der Waals surface area contributed by atoms with Crippen molar-refractivity contribution in [2.75, 3.05) is 13.6 Å². The highest BCUT2D eigenvalue weighted by Crippen LogP contribution is 2.42. The molecule has 2 rings (SSSR count). The van der Waals surface area contributed by atoms with Crippen molar-refractivity contribution in [1.82, 2.24) is 5.32 Å². The highest BCUT2D eigenvalue weighted by molar-refractivity contribution is 5.28. The van der Waals surface area contributed by atoms with Gasteiger partial charge >= 0.3 is 0 Å². The van der Waals surface area contributed by atoms with Gasteiger partial charge < -0.3 is 5.32 Å². The van der Waals surface area contributed by atoms with Gasteiger partial charge in [-0.3, -0.25) is 0 Å². The van der Waals surface area contributed by atoms with E-state index in [0.29, 0.717) is 11.8 Å². The average Bonchev–Trinajstić information content (AvgIpc) is 2.44. The van der Waals surface area contributed by atoms with E-state index in [1.807, 2.05) is 20.0 Å². The lowest BCUT2D eigenvalue weighted by Gasteiger charge is -2.37. The Morgan fingerprint density at radius 1 is 1.30 bits per heavy atom. The minimum absolute atomic E-state index is 0.0835. The van der Waals surface area contributed by atoms with Crippen LogP contribution in [0.5, 0.6) is 0 Å². The van der Waals surface area contributed by atoms with Gasteiger partial charge in [0, 0.05) is 0 Å². The maximum Gasteiger partial charge on any atom is 0.126 e. The summed E-state index contributed by atoms with van der Waals surface area (Å²) in [4.78, 5) is 0. The Kier molecular flexibility index (Phi) is 5.59. The van der Waals surface area contributed by atoms with Crippen LogP contribution >= 0.6 is 0 Å². The third kappa shape index (κ3) is 3.60. The summed E-state index contributed by atoms with van der Waals surface area (Å²) >= 11 is 0. The van der Waals surface area contributed by atoms with Gasteiger partial charge in [0.05, 0.1) is 0 Å². The molecular formula is C18H28FN. The van der Waals surface area contributed by atoms with Crippen LogP contribution in [0, 0.1) is 24.6 Å². The normalized spacial score (nSPS) is 26.7. The summed E-state index contributed by atoms with van der Waals surface area (Å²) in [5, 5.41) is 3.34. The first-order chi connectivity index (χ1) is 9.65. The molecule has 1 N–H and O–H groups in total.